The van der Waals surface area contributed by atoms with Crippen molar-refractivity contribution in [2.45, 2.75) is 46.6 Å². The third kappa shape index (κ3) is 6.44. The predicted octanol–water partition coefficient (Wildman–Crippen LogP) is 3.92. The van der Waals surface area contributed by atoms with Crippen molar-refractivity contribution in [1.82, 2.24) is 14.7 Å². The van der Waals surface area contributed by atoms with Gasteiger partial charge < -0.3 is 10.6 Å². The van der Waals surface area contributed by atoms with E-state index in [1.54, 1.807) is 19.2 Å². The zero-order valence-electron chi connectivity index (χ0n) is 22.7. The van der Waals surface area contributed by atoms with Gasteiger partial charge >= 0.3 is 0 Å². The van der Waals surface area contributed by atoms with Gasteiger partial charge in [-0.15, -0.1) is 0 Å². The van der Waals surface area contributed by atoms with Gasteiger partial charge in [-0.25, -0.2) is 18.1 Å². The van der Waals surface area contributed by atoms with E-state index < -0.39 is 9.84 Å². The summed E-state index contributed by atoms with van der Waals surface area (Å²) >= 11 is 0. The summed E-state index contributed by atoms with van der Waals surface area (Å²) in [6.07, 6.45) is 5.53. The molecule has 1 aliphatic rings. The molecule has 2 aromatic carbocycles. The van der Waals surface area contributed by atoms with E-state index in [-0.39, 0.29) is 29.5 Å². The molecule has 9 nitrogen and oxygen atoms in total. The van der Waals surface area contributed by atoms with Crippen LogP contribution < -0.4 is 11.3 Å². The van der Waals surface area contributed by atoms with Crippen molar-refractivity contribution >= 4 is 44.1 Å². The van der Waals surface area contributed by atoms with Crippen molar-refractivity contribution in [2.24, 2.45) is 10.7 Å². The highest BCUT2D eigenvalue weighted by atomic mass is 32.2. The topological polar surface area (TPSA) is 128 Å². The van der Waals surface area contributed by atoms with Gasteiger partial charge in [-0.1, -0.05) is 39.0 Å². The molecule has 1 aliphatic heterocycles. The molecule has 0 aliphatic carbocycles. The van der Waals surface area contributed by atoms with Gasteiger partial charge in [0, 0.05) is 41.8 Å². The van der Waals surface area contributed by atoms with Crippen LogP contribution in [0.15, 0.2) is 58.0 Å². The minimum atomic E-state index is -3.21. The molecule has 4 rings (SSSR count). The maximum Gasteiger partial charge on any atom is 0.274 e. The Morgan fingerprint density at radius 2 is 1.74 bits per heavy atom. The number of benzene rings is 2. The molecule has 0 bridgehead atoms. The smallest absolute Gasteiger partial charge is 0.274 e. The Balaban J connectivity index is 1.65. The van der Waals surface area contributed by atoms with Crippen LogP contribution in [0.1, 0.15) is 45.6 Å². The van der Waals surface area contributed by atoms with Crippen LogP contribution in [-0.2, 0) is 21.2 Å². The number of fused-ring (bicyclic) bond motifs is 2. The van der Waals surface area contributed by atoms with Gasteiger partial charge in [-0.05, 0) is 48.2 Å². The number of sulfone groups is 1. The minimum absolute atomic E-state index is 0.00578. The Morgan fingerprint density at radius 1 is 1.05 bits per heavy atom. The van der Waals surface area contributed by atoms with Gasteiger partial charge in [-0.3, -0.25) is 9.59 Å². The summed E-state index contributed by atoms with van der Waals surface area (Å²) < 4.78 is 24.9. The first-order chi connectivity index (χ1) is 18.7. The number of hydrogen-bond donors (Lipinski definition) is 1. The molecule has 0 unspecified atom stereocenters. The number of hydrogen-bond acceptors (Lipinski definition) is 7. The van der Waals surface area contributed by atoms with E-state index in [1.807, 2.05) is 41.3 Å². The summed E-state index contributed by atoms with van der Waals surface area (Å²) in [5.74, 6) is 0.273. The lowest BCUT2D eigenvalue weighted by atomic mass is 9.99. The number of amides is 1. The third-order valence-electron chi connectivity index (χ3n) is 6.78. The standard InChI is InChI=1S/C29H35N5O4S/c1-4-11-33(12-5-2)28(35)23-16-22-8-7-21(17-26(22)32-27(30)18-23)20-9-10-25-24(15-20)19-31-34(29(25)36)13-14-39(37,38)6-3/h7-10,15-17,19H,4-6,11-14,18H2,1-3H3,(H2,30,32). The van der Waals surface area contributed by atoms with Crippen LogP contribution >= 0.6 is 0 Å². The third-order valence-corrected chi connectivity index (χ3v) is 8.47. The second kappa shape index (κ2) is 11.9. The first-order valence-electron chi connectivity index (χ1n) is 13.3. The molecule has 2 heterocycles. The minimum Gasteiger partial charge on any atom is -0.387 e. The molecule has 0 saturated carbocycles. The monoisotopic (exact) mass is 549 g/mol. The van der Waals surface area contributed by atoms with Gasteiger partial charge in [-0.2, -0.15) is 5.10 Å². The first kappa shape index (κ1) is 28.2. The van der Waals surface area contributed by atoms with Crippen LogP contribution in [0.3, 0.4) is 0 Å². The van der Waals surface area contributed by atoms with Crippen LogP contribution in [-0.4, -0.2) is 59.4 Å². The molecule has 0 radical (unpaired) electrons. The Labute approximate surface area is 229 Å². The molecule has 0 saturated heterocycles. The van der Waals surface area contributed by atoms with E-state index in [1.165, 1.54) is 4.68 Å². The molecule has 10 heteroatoms. The quantitative estimate of drug-likeness (QED) is 0.408. The number of aryl methyl sites for hydroxylation is 1. The number of rotatable bonds is 10. The SMILES string of the molecule is CCCN(CCC)C(=O)C1=Cc2ccc(-c3ccc4c(=O)n(CCS(=O)(=O)CC)ncc4c3)cc2N=C(N)C1. The van der Waals surface area contributed by atoms with Crippen LogP contribution in [0.4, 0.5) is 5.69 Å². The Bertz CT molecular complexity index is 1620. The molecule has 39 heavy (non-hydrogen) atoms. The lowest BCUT2D eigenvalue weighted by molar-refractivity contribution is -0.127. The van der Waals surface area contributed by atoms with Gasteiger partial charge in [0.05, 0.1) is 29.6 Å². The van der Waals surface area contributed by atoms with Gasteiger partial charge in [0.25, 0.3) is 5.56 Å². The number of aromatic nitrogens is 2. The van der Waals surface area contributed by atoms with Gasteiger partial charge in [0.1, 0.15) is 5.84 Å². The lowest BCUT2D eigenvalue weighted by Gasteiger charge is -2.22. The van der Waals surface area contributed by atoms with E-state index in [4.69, 9.17) is 5.73 Å². The Hall–Kier alpha value is -3.79. The fourth-order valence-electron chi connectivity index (χ4n) is 4.66. The van der Waals surface area contributed by atoms with Crippen molar-refractivity contribution in [3.05, 3.63) is 64.1 Å². The average molecular weight is 550 g/mol. The normalized spacial score (nSPS) is 13.4. The molecular weight excluding hydrogens is 514 g/mol. The molecular formula is C29H35N5O4S. The van der Waals surface area contributed by atoms with E-state index in [0.717, 1.165) is 29.5 Å². The number of nitrogens with two attached hydrogens (primary N) is 1. The summed E-state index contributed by atoms with van der Waals surface area (Å²) in [5.41, 5.74) is 9.79. The van der Waals surface area contributed by atoms with Crippen molar-refractivity contribution in [3.8, 4) is 11.1 Å². The zero-order valence-corrected chi connectivity index (χ0v) is 23.5. The van der Waals surface area contributed by atoms with E-state index in [2.05, 4.69) is 23.9 Å². The van der Waals surface area contributed by atoms with Crippen molar-refractivity contribution in [3.63, 3.8) is 0 Å². The van der Waals surface area contributed by atoms with Crippen LogP contribution in [0, 0.1) is 0 Å². The Kier molecular flexibility index (Phi) is 8.64. The summed E-state index contributed by atoms with van der Waals surface area (Å²) in [4.78, 5) is 32.6. The molecule has 1 aromatic heterocycles. The number of carbonyl (C=O) groups excluding carboxylic acids is 1. The highest BCUT2D eigenvalue weighted by Gasteiger charge is 2.21. The number of amidine groups is 1. The second-order valence-corrected chi connectivity index (χ2v) is 12.2. The predicted molar refractivity (Wildman–Crippen MR) is 157 cm³/mol. The largest absolute Gasteiger partial charge is 0.387 e. The molecule has 2 N–H and O–H groups in total. The summed E-state index contributed by atoms with van der Waals surface area (Å²) in [6.45, 7) is 7.12. The molecule has 1 amide bonds. The van der Waals surface area contributed by atoms with E-state index in [9.17, 15) is 18.0 Å². The van der Waals surface area contributed by atoms with Crippen molar-refractivity contribution in [1.29, 1.82) is 0 Å². The summed E-state index contributed by atoms with van der Waals surface area (Å²) in [6, 6.07) is 11.3. The summed E-state index contributed by atoms with van der Waals surface area (Å²) in [7, 11) is -3.21. The van der Waals surface area contributed by atoms with E-state index >= 15 is 0 Å². The fourth-order valence-corrected chi connectivity index (χ4v) is 5.40. The Morgan fingerprint density at radius 3 is 2.44 bits per heavy atom. The maximum absolute atomic E-state index is 13.2. The fraction of sp³-hybridized carbons (Fsp3) is 0.379. The van der Waals surface area contributed by atoms with Crippen molar-refractivity contribution in [2.75, 3.05) is 24.6 Å². The van der Waals surface area contributed by atoms with Crippen LogP contribution in [0.5, 0.6) is 0 Å². The highest BCUT2D eigenvalue weighted by molar-refractivity contribution is 7.91. The van der Waals surface area contributed by atoms with Crippen LogP contribution in [0.2, 0.25) is 0 Å². The second-order valence-electron chi connectivity index (χ2n) is 9.73. The number of carbonyl (C=O) groups is 1. The molecule has 206 valence electrons. The zero-order chi connectivity index (χ0) is 28.2. The average Bonchev–Trinajstić information content (AvgIpc) is 3.09. The molecule has 3 aromatic rings. The molecule has 0 spiro atoms. The van der Waals surface area contributed by atoms with E-state index in [0.29, 0.717) is 47.4 Å². The lowest BCUT2D eigenvalue weighted by Crippen LogP contribution is -2.34. The highest BCUT2D eigenvalue weighted by Crippen LogP contribution is 2.33. The summed E-state index contributed by atoms with van der Waals surface area (Å²) in [5, 5.41) is 5.32. The first-order valence-corrected chi connectivity index (χ1v) is 15.2. The molecule has 0 fully saturated rings. The van der Waals surface area contributed by atoms with Crippen LogP contribution in [0.25, 0.3) is 28.0 Å². The van der Waals surface area contributed by atoms with Gasteiger partial charge in [0.15, 0.2) is 9.84 Å². The molecule has 0 atom stereocenters. The maximum atomic E-state index is 13.2. The van der Waals surface area contributed by atoms with Crippen molar-refractivity contribution < 1.29 is 13.2 Å². The van der Waals surface area contributed by atoms with Gasteiger partial charge in [0.2, 0.25) is 5.91 Å². The number of aliphatic imine (C=N–C) groups is 1. The number of nitrogens with zero attached hydrogens (tertiary/aromatic N) is 4.